The average Bonchev–Trinajstić information content (AvgIpc) is 2.42. The van der Waals surface area contributed by atoms with Crippen molar-refractivity contribution in [2.75, 3.05) is 13.6 Å². The highest BCUT2D eigenvalue weighted by molar-refractivity contribution is 5.85. The Morgan fingerprint density at radius 1 is 1.33 bits per heavy atom. The molecule has 1 aliphatic heterocycles. The fourth-order valence-corrected chi connectivity index (χ4v) is 3.38. The van der Waals surface area contributed by atoms with Crippen molar-refractivity contribution in [3.8, 4) is 0 Å². The van der Waals surface area contributed by atoms with Crippen LogP contribution in [0.4, 0.5) is 0 Å². The lowest BCUT2D eigenvalue weighted by atomic mass is 9.84. The first-order chi connectivity index (χ1) is 9.90. The smallest absolute Gasteiger partial charge is 0.0709 e. The zero-order valence-electron chi connectivity index (χ0n) is 13.5. The third-order valence-electron chi connectivity index (χ3n) is 4.45. The molecule has 0 radical (unpaired) electrons. The predicted molar refractivity (Wildman–Crippen MR) is 88.4 cm³/mol. The number of rotatable bonds is 2. The number of hydrogen-bond acceptors (Lipinski definition) is 3. The molecule has 3 rings (SSSR count). The Balaban J connectivity index is 2.36. The van der Waals surface area contributed by atoms with Gasteiger partial charge in [0.1, 0.15) is 0 Å². The highest BCUT2D eigenvalue weighted by Gasteiger charge is 2.27. The van der Waals surface area contributed by atoms with Gasteiger partial charge in [0.05, 0.1) is 5.52 Å². The Labute approximate surface area is 127 Å². The van der Waals surface area contributed by atoms with Crippen LogP contribution in [0.3, 0.4) is 0 Å². The van der Waals surface area contributed by atoms with Gasteiger partial charge in [-0.05, 0) is 56.1 Å². The molecule has 112 valence electrons. The van der Waals surface area contributed by atoms with Crippen LogP contribution in [0.1, 0.15) is 43.2 Å². The van der Waals surface area contributed by atoms with E-state index in [2.05, 4.69) is 50.9 Å². The molecule has 1 aliphatic rings. The van der Waals surface area contributed by atoms with E-state index in [-0.39, 0.29) is 5.54 Å². The molecule has 0 unspecified atom stereocenters. The SMILES string of the molecule is CCc1ccc2nc3c(c(C(C)(C)N)c2c1)CN(C)CC3. The van der Waals surface area contributed by atoms with Gasteiger partial charge in [-0.15, -0.1) is 0 Å². The zero-order chi connectivity index (χ0) is 15.2. The zero-order valence-corrected chi connectivity index (χ0v) is 13.5. The van der Waals surface area contributed by atoms with Crippen LogP contribution < -0.4 is 5.73 Å². The number of aryl methyl sites for hydroxylation is 1. The number of fused-ring (bicyclic) bond motifs is 2. The molecule has 2 N–H and O–H groups in total. The van der Waals surface area contributed by atoms with Crippen molar-refractivity contribution in [3.05, 3.63) is 40.6 Å². The Bertz CT molecular complexity index is 683. The van der Waals surface area contributed by atoms with Crippen molar-refractivity contribution in [2.45, 2.75) is 45.7 Å². The molecule has 1 aromatic heterocycles. The summed E-state index contributed by atoms with van der Waals surface area (Å²) >= 11 is 0. The minimum absolute atomic E-state index is 0.351. The van der Waals surface area contributed by atoms with Crippen LogP contribution in [0.15, 0.2) is 18.2 Å². The normalized spacial score (nSPS) is 16.2. The second-order valence-corrected chi connectivity index (χ2v) is 6.83. The van der Waals surface area contributed by atoms with Gasteiger partial charge < -0.3 is 10.6 Å². The lowest BCUT2D eigenvalue weighted by Gasteiger charge is -2.32. The Morgan fingerprint density at radius 2 is 2.10 bits per heavy atom. The van der Waals surface area contributed by atoms with Crippen LogP contribution in [0.25, 0.3) is 10.9 Å². The highest BCUT2D eigenvalue weighted by Crippen LogP contribution is 2.34. The van der Waals surface area contributed by atoms with Gasteiger partial charge in [-0.3, -0.25) is 4.98 Å². The van der Waals surface area contributed by atoms with Crippen molar-refractivity contribution < 1.29 is 0 Å². The molecule has 0 saturated carbocycles. The van der Waals surface area contributed by atoms with Crippen LogP contribution in [-0.2, 0) is 24.9 Å². The van der Waals surface area contributed by atoms with E-state index in [9.17, 15) is 0 Å². The van der Waals surface area contributed by atoms with E-state index < -0.39 is 0 Å². The van der Waals surface area contributed by atoms with Crippen LogP contribution >= 0.6 is 0 Å². The van der Waals surface area contributed by atoms with Crippen LogP contribution in [-0.4, -0.2) is 23.5 Å². The Kier molecular flexibility index (Phi) is 3.50. The number of aromatic nitrogens is 1. The van der Waals surface area contributed by atoms with E-state index in [4.69, 9.17) is 10.7 Å². The third-order valence-corrected chi connectivity index (χ3v) is 4.45. The van der Waals surface area contributed by atoms with Crippen molar-refractivity contribution in [2.24, 2.45) is 5.73 Å². The molecular weight excluding hydrogens is 258 g/mol. The summed E-state index contributed by atoms with van der Waals surface area (Å²) in [7, 11) is 2.17. The quantitative estimate of drug-likeness (QED) is 0.921. The molecule has 3 heteroatoms. The third kappa shape index (κ3) is 2.56. The summed E-state index contributed by atoms with van der Waals surface area (Å²) in [4.78, 5) is 7.27. The first-order valence-corrected chi connectivity index (χ1v) is 7.82. The molecule has 1 aromatic carbocycles. The summed E-state index contributed by atoms with van der Waals surface area (Å²) in [5.74, 6) is 0. The van der Waals surface area contributed by atoms with Gasteiger partial charge >= 0.3 is 0 Å². The molecule has 0 fully saturated rings. The summed E-state index contributed by atoms with van der Waals surface area (Å²) in [6.45, 7) is 8.42. The molecular formula is C18H25N3. The summed E-state index contributed by atoms with van der Waals surface area (Å²) in [5, 5.41) is 1.23. The molecule has 0 saturated heterocycles. The molecule has 2 aromatic rings. The number of nitrogens with two attached hydrogens (primary N) is 1. The largest absolute Gasteiger partial charge is 0.322 e. The van der Waals surface area contributed by atoms with E-state index >= 15 is 0 Å². The van der Waals surface area contributed by atoms with Gasteiger partial charge in [0, 0.05) is 36.1 Å². The van der Waals surface area contributed by atoms with Gasteiger partial charge in [0.2, 0.25) is 0 Å². The van der Waals surface area contributed by atoms with E-state index in [0.29, 0.717) is 0 Å². The number of pyridine rings is 1. The number of benzene rings is 1. The molecule has 21 heavy (non-hydrogen) atoms. The lowest BCUT2D eigenvalue weighted by molar-refractivity contribution is 0.306. The lowest BCUT2D eigenvalue weighted by Crippen LogP contribution is -2.35. The Hall–Kier alpha value is -1.45. The second kappa shape index (κ2) is 5.08. The Morgan fingerprint density at radius 3 is 2.76 bits per heavy atom. The van der Waals surface area contributed by atoms with E-state index in [1.165, 1.54) is 27.8 Å². The number of hydrogen-bond donors (Lipinski definition) is 1. The summed E-state index contributed by atoms with van der Waals surface area (Å²) in [6, 6.07) is 6.62. The van der Waals surface area contributed by atoms with Crippen molar-refractivity contribution in [1.82, 2.24) is 9.88 Å². The van der Waals surface area contributed by atoms with Crippen molar-refractivity contribution in [3.63, 3.8) is 0 Å². The molecule has 0 bridgehead atoms. The maximum atomic E-state index is 6.54. The summed E-state index contributed by atoms with van der Waals surface area (Å²) in [6.07, 6.45) is 2.05. The molecule has 0 amide bonds. The molecule has 0 aliphatic carbocycles. The second-order valence-electron chi connectivity index (χ2n) is 6.83. The number of likely N-dealkylation sites (N-methyl/N-ethyl adjacent to an activating group) is 1. The van der Waals surface area contributed by atoms with Crippen LogP contribution in [0, 0.1) is 0 Å². The predicted octanol–water partition coefficient (Wildman–Crippen LogP) is 2.98. The molecule has 0 atom stereocenters. The van der Waals surface area contributed by atoms with Gasteiger partial charge in [-0.2, -0.15) is 0 Å². The number of nitrogens with zero attached hydrogens (tertiary/aromatic N) is 2. The molecule has 2 heterocycles. The van der Waals surface area contributed by atoms with E-state index in [1.807, 2.05) is 0 Å². The fourth-order valence-electron chi connectivity index (χ4n) is 3.38. The maximum absolute atomic E-state index is 6.54. The average molecular weight is 283 g/mol. The first-order valence-electron chi connectivity index (χ1n) is 7.82. The van der Waals surface area contributed by atoms with Gasteiger partial charge in [0.25, 0.3) is 0 Å². The minimum atomic E-state index is -0.351. The van der Waals surface area contributed by atoms with Crippen LogP contribution in [0.2, 0.25) is 0 Å². The minimum Gasteiger partial charge on any atom is -0.322 e. The fraction of sp³-hybridized carbons (Fsp3) is 0.500. The highest BCUT2D eigenvalue weighted by atomic mass is 15.1. The van der Waals surface area contributed by atoms with Gasteiger partial charge in [-0.1, -0.05) is 13.0 Å². The van der Waals surface area contributed by atoms with E-state index in [0.717, 1.165) is 31.4 Å². The monoisotopic (exact) mass is 283 g/mol. The van der Waals surface area contributed by atoms with E-state index in [1.54, 1.807) is 0 Å². The van der Waals surface area contributed by atoms with Crippen LogP contribution in [0.5, 0.6) is 0 Å². The van der Waals surface area contributed by atoms with Crippen molar-refractivity contribution in [1.29, 1.82) is 0 Å². The van der Waals surface area contributed by atoms with Gasteiger partial charge in [-0.25, -0.2) is 0 Å². The topological polar surface area (TPSA) is 42.1 Å². The maximum Gasteiger partial charge on any atom is 0.0709 e. The molecule has 0 spiro atoms. The summed E-state index contributed by atoms with van der Waals surface area (Å²) in [5.41, 5.74) is 12.5. The van der Waals surface area contributed by atoms with Gasteiger partial charge in [0.15, 0.2) is 0 Å². The van der Waals surface area contributed by atoms with Crippen molar-refractivity contribution >= 4 is 10.9 Å². The first kappa shape index (κ1) is 14.5. The standard InChI is InChI=1S/C18H25N3/c1-5-12-6-7-15-13(10-12)17(18(2,3)19)14-11-21(4)9-8-16(14)20-15/h6-7,10H,5,8-9,11,19H2,1-4H3. The molecule has 3 nitrogen and oxygen atoms in total. The summed E-state index contributed by atoms with van der Waals surface area (Å²) < 4.78 is 0.